The summed E-state index contributed by atoms with van der Waals surface area (Å²) >= 11 is 0. The summed E-state index contributed by atoms with van der Waals surface area (Å²) in [4.78, 5) is 26.0. The normalized spacial score (nSPS) is 11.7. The Morgan fingerprint density at radius 2 is 1.78 bits per heavy atom. The van der Waals surface area contributed by atoms with Gasteiger partial charge in [0.2, 0.25) is 11.8 Å². The van der Waals surface area contributed by atoms with E-state index in [1.165, 1.54) is 0 Å². The minimum absolute atomic E-state index is 0.0883. The SMILES string of the molecule is CCC(C)NC(=O)CC(=O)Nc1ccc(N(CC)CC)cc1C. The molecule has 0 heterocycles. The van der Waals surface area contributed by atoms with Crippen molar-refractivity contribution in [1.82, 2.24) is 5.32 Å². The Hall–Kier alpha value is -2.04. The fraction of sp³-hybridized carbons (Fsp3) is 0.556. The van der Waals surface area contributed by atoms with Crippen molar-refractivity contribution in [3.63, 3.8) is 0 Å². The van der Waals surface area contributed by atoms with Crippen LogP contribution in [-0.2, 0) is 9.59 Å². The second-order valence-electron chi connectivity index (χ2n) is 5.77. The molecule has 1 atom stereocenters. The van der Waals surface area contributed by atoms with Crippen LogP contribution in [0.4, 0.5) is 11.4 Å². The number of hydrogen-bond acceptors (Lipinski definition) is 3. The molecular weight excluding hydrogens is 290 g/mol. The highest BCUT2D eigenvalue weighted by Gasteiger charge is 2.13. The summed E-state index contributed by atoms with van der Waals surface area (Å²) in [6.07, 6.45) is 0.695. The van der Waals surface area contributed by atoms with Gasteiger partial charge in [0.25, 0.3) is 0 Å². The zero-order chi connectivity index (χ0) is 17.4. The maximum absolute atomic E-state index is 12.0. The molecule has 5 heteroatoms. The Balaban J connectivity index is 2.67. The molecule has 0 saturated heterocycles. The summed E-state index contributed by atoms with van der Waals surface area (Å²) < 4.78 is 0. The van der Waals surface area contributed by atoms with Gasteiger partial charge >= 0.3 is 0 Å². The lowest BCUT2D eigenvalue weighted by Crippen LogP contribution is -2.34. The van der Waals surface area contributed by atoms with Gasteiger partial charge in [-0.15, -0.1) is 0 Å². The number of benzene rings is 1. The lowest BCUT2D eigenvalue weighted by molar-refractivity contribution is -0.127. The number of nitrogens with one attached hydrogen (secondary N) is 2. The molecule has 0 aliphatic rings. The maximum Gasteiger partial charge on any atom is 0.233 e. The molecular formula is C18H29N3O2. The van der Waals surface area contributed by atoms with Gasteiger partial charge in [0.15, 0.2) is 0 Å². The van der Waals surface area contributed by atoms with E-state index in [1.54, 1.807) is 0 Å². The first-order valence-electron chi connectivity index (χ1n) is 8.36. The molecule has 1 unspecified atom stereocenters. The van der Waals surface area contributed by atoms with Gasteiger partial charge in [0, 0.05) is 30.5 Å². The Labute approximate surface area is 139 Å². The van der Waals surface area contributed by atoms with E-state index in [4.69, 9.17) is 0 Å². The molecule has 1 aromatic rings. The molecule has 0 radical (unpaired) electrons. The van der Waals surface area contributed by atoms with Crippen LogP contribution in [0.3, 0.4) is 0 Å². The number of carbonyl (C=O) groups is 2. The van der Waals surface area contributed by atoms with Gasteiger partial charge in [0.1, 0.15) is 6.42 Å². The number of carbonyl (C=O) groups excluding carboxylic acids is 2. The van der Waals surface area contributed by atoms with Crippen molar-refractivity contribution in [1.29, 1.82) is 0 Å². The Morgan fingerprint density at radius 3 is 2.30 bits per heavy atom. The third-order valence-corrected chi connectivity index (χ3v) is 3.95. The first kappa shape index (κ1) is 19.0. The van der Waals surface area contributed by atoms with Crippen molar-refractivity contribution in [2.24, 2.45) is 0 Å². The molecule has 0 spiro atoms. The van der Waals surface area contributed by atoms with E-state index < -0.39 is 0 Å². The third-order valence-electron chi connectivity index (χ3n) is 3.95. The van der Waals surface area contributed by atoms with Crippen molar-refractivity contribution in [3.05, 3.63) is 23.8 Å². The highest BCUT2D eigenvalue weighted by molar-refractivity contribution is 6.04. The Morgan fingerprint density at radius 1 is 1.13 bits per heavy atom. The molecule has 1 rings (SSSR count). The van der Waals surface area contributed by atoms with Gasteiger partial charge in [-0.2, -0.15) is 0 Å². The van der Waals surface area contributed by atoms with Crippen molar-refractivity contribution >= 4 is 23.2 Å². The quantitative estimate of drug-likeness (QED) is 0.724. The van der Waals surface area contributed by atoms with Crippen LogP contribution >= 0.6 is 0 Å². The number of rotatable bonds is 8. The van der Waals surface area contributed by atoms with E-state index in [2.05, 4.69) is 35.4 Å². The fourth-order valence-corrected chi connectivity index (χ4v) is 2.34. The van der Waals surface area contributed by atoms with Gasteiger partial charge in [-0.1, -0.05) is 6.92 Å². The van der Waals surface area contributed by atoms with Crippen LogP contribution in [0, 0.1) is 6.92 Å². The Bertz CT molecular complexity index is 539. The smallest absolute Gasteiger partial charge is 0.233 e. The molecule has 128 valence electrons. The molecule has 1 aromatic carbocycles. The fourth-order valence-electron chi connectivity index (χ4n) is 2.34. The van der Waals surface area contributed by atoms with E-state index in [0.717, 1.165) is 36.4 Å². The van der Waals surface area contributed by atoms with Gasteiger partial charge in [-0.05, 0) is 57.9 Å². The molecule has 0 aliphatic carbocycles. The first-order valence-corrected chi connectivity index (χ1v) is 8.36. The minimum atomic E-state index is -0.288. The number of anilines is 2. The van der Waals surface area contributed by atoms with Crippen molar-refractivity contribution in [3.8, 4) is 0 Å². The van der Waals surface area contributed by atoms with Gasteiger partial charge in [-0.25, -0.2) is 0 Å². The molecule has 5 nitrogen and oxygen atoms in total. The average molecular weight is 319 g/mol. The third kappa shape index (κ3) is 5.93. The summed E-state index contributed by atoms with van der Waals surface area (Å²) in [5.41, 5.74) is 2.88. The zero-order valence-corrected chi connectivity index (χ0v) is 14.9. The number of aryl methyl sites for hydroxylation is 1. The van der Waals surface area contributed by atoms with Crippen LogP contribution in [0.5, 0.6) is 0 Å². The monoisotopic (exact) mass is 319 g/mol. The molecule has 0 saturated carbocycles. The van der Waals surface area contributed by atoms with E-state index in [9.17, 15) is 9.59 Å². The molecule has 23 heavy (non-hydrogen) atoms. The Kier molecular flexibility index (Phi) is 7.59. The first-order chi connectivity index (χ1) is 10.9. The molecule has 2 amide bonds. The summed E-state index contributed by atoms with van der Waals surface area (Å²) in [5.74, 6) is -0.529. The second kappa shape index (κ2) is 9.18. The summed E-state index contributed by atoms with van der Waals surface area (Å²) in [6.45, 7) is 12.0. The standard InChI is InChI=1S/C18H29N3O2/c1-6-14(5)19-17(22)12-18(23)20-16-10-9-15(11-13(16)4)21(7-2)8-3/h9-11,14H,6-8,12H2,1-5H3,(H,19,22)(H,20,23). The summed E-state index contributed by atoms with van der Waals surface area (Å²) in [5, 5.41) is 5.61. The maximum atomic E-state index is 12.0. The number of nitrogens with zero attached hydrogens (tertiary/aromatic N) is 1. The van der Waals surface area contributed by atoms with Crippen LogP contribution in [0.15, 0.2) is 18.2 Å². The van der Waals surface area contributed by atoms with Crippen molar-refractivity contribution in [2.75, 3.05) is 23.3 Å². The van der Waals surface area contributed by atoms with E-state index >= 15 is 0 Å². The summed E-state index contributed by atoms with van der Waals surface area (Å²) in [7, 11) is 0. The van der Waals surface area contributed by atoms with Crippen LogP contribution in [0.25, 0.3) is 0 Å². The van der Waals surface area contributed by atoms with Gasteiger partial charge < -0.3 is 15.5 Å². The van der Waals surface area contributed by atoms with E-state index in [0.29, 0.717) is 0 Å². The van der Waals surface area contributed by atoms with E-state index in [1.807, 2.05) is 32.9 Å². The topological polar surface area (TPSA) is 61.4 Å². The highest BCUT2D eigenvalue weighted by atomic mass is 16.2. The zero-order valence-electron chi connectivity index (χ0n) is 14.9. The van der Waals surface area contributed by atoms with Crippen molar-refractivity contribution < 1.29 is 9.59 Å². The number of amides is 2. The lowest BCUT2D eigenvalue weighted by atomic mass is 10.1. The van der Waals surface area contributed by atoms with Crippen LogP contribution < -0.4 is 15.5 Å². The van der Waals surface area contributed by atoms with Crippen LogP contribution in [0.1, 0.15) is 46.1 Å². The van der Waals surface area contributed by atoms with Crippen LogP contribution in [-0.4, -0.2) is 30.9 Å². The minimum Gasteiger partial charge on any atom is -0.372 e. The molecule has 2 N–H and O–H groups in total. The summed E-state index contributed by atoms with van der Waals surface area (Å²) in [6, 6.07) is 6.04. The second-order valence-corrected chi connectivity index (χ2v) is 5.77. The van der Waals surface area contributed by atoms with Crippen LogP contribution in [0.2, 0.25) is 0 Å². The molecule has 0 aromatic heterocycles. The average Bonchev–Trinajstić information content (AvgIpc) is 2.50. The highest BCUT2D eigenvalue weighted by Crippen LogP contribution is 2.22. The molecule has 0 aliphatic heterocycles. The molecule has 0 fully saturated rings. The predicted octanol–water partition coefficient (Wildman–Crippen LogP) is 3.08. The van der Waals surface area contributed by atoms with Gasteiger partial charge in [0.05, 0.1) is 0 Å². The largest absolute Gasteiger partial charge is 0.372 e. The lowest BCUT2D eigenvalue weighted by Gasteiger charge is -2.22. The van der Waals surface area contributed by atoms with Gasteiger partial charge in [-0.3, -0.25) is 9.59 Å². The molecule has 0 bridgehead atoms. The van der Waals surface area contributed by atoms with Crippen molar-refractivity contribution in [2.45, 2.75) is 53.5 Å². The predicted molar refractivity (Wildman–Crippen MR) is 95.9 cm³/mol. The van der Waals surface area contributed by atoms with E-state index in [-0.39, 0.29) is 24.3 Å². The number of hydrogen-bond donors (Lipinski definition) is 2.